The van der Waals surface area contributed by atoms with Crippen LogP contribution in [-0.4, -0.2) is 22.0 Å². The third kappa shape index (κ3) is 1.82. The Labute approximate surface area is 106 Å². The van der Waals surface area contributed by atoms with Crippen LogP contribution in [0, 0.1) is 5.92 Å². The van der Waals surface area contributed by atoms with Gasteiger partial charge in [0.05, 0.1) is 0 Å². The van der Waals surface area contributed by atoms with Crippen molar-refractivity contribution in [1.29, 1.82) is 0 Å². The molecule has 0 saturated carbocycles. The molecule has 2 N–H and O–H groups in total. The second-order valence-electron chi connectivity index (χ2n) is 4.91. The molecule has 4 heteroatoms. The number of hydrogen-bond acceptors (Lipinski definition) is 3. The van der Waals surface area contributed by atoms with Gasteiger partial charge in [0.15, 0.2) is 11.4 Å². The number of carboxylic acid groups (broad SMARTS) is 1. The maximum absolute atomic E-state index is 11.7. The quantitative estimate of drug-likeness (QED) is 0.862. The van der Waals surface area contributed by atoms with Crippen LogP contribution in [0.15, 0.2) is 30.3 Å². The lowest BCUT2D eigenvalue weighted by Gasteiger charge is -2.30. The first-order chi connectivity index (χ1) is 8.44. The molecule has 1 aromatic rings. The standard InChI is InChI=1S/C14H18O4/c1-3-13(17)9-10(2)14(18-13,12(15)16)11-7-5-4-6-8-11/h4-8,10,17H,3,9H2,1-2H3,(H,15,16)/t10-,13-,14+/m1/s1. The summed E-state index contributed by atoms with van der Waals surface area (Å²) >= 11 is 0. The molecule has 3 atom stereocenters. The van der Waals surface area contributed by atoms with Gasteiger partial charge in [-0.1, -0.05) is 44.2 Å². The Morgan fingerprint density at radius 2 is 2.06 bits per heavy atom. The highest BCUT2D eigenvalue weighted by Crippen LogP contribution is 2.49. The van der Waals surface area contributed by atoms with Crippen molar-refractivity contribution < 1.29 is 19.7 Å². The van der Waals surface area contributed by atoms with Crippen molar-refractivity contribution in [3.63, 3.8) is 0 Å². The summed E-state index contributed by atoms with van der Waals surface area (Å²) in [6.07, 6.45) is 0.698. The fourth-order valence-corrected chi connectivity index (χ4v) is 2.69. The van der Waals surface area contributed by atoms with Crippen LogP contribution in [0.5, 0.6) is 0 Å². The van der Waals surface area contributed by atoms with Crippen molar-refractivity contribution in [1.82, 2.24) is 0 Å². The monoisotopic (exact) mass is 250 g/mol. The predicted octanol–water partition coefficient (Wildman–Crippen LogP) is 2.12. The molecule has 0 radical (unpaired) electrons. The highest BCUT2D eigenvalue weighted by molar-refractivity contribution is 5.80. The van der Waals surface area contributed by atoms with Crippen LogP contribution in [0.25, 0.3) is 0 Å². The minimum absolute atomic E-state index is 0.289. The highest BCUT2D eigenvalue weighted by Gasteiger charge is 2.58. The van der Waals surface area contributed by atoms with E-state index in [0.29, 0.717) is 18.4 Å². The van der Waals surface area contributed by atoms with E-state index in [4.69, 9.17) is 4.74 Å². The lowest BCUT2D eigenvalue weighted by Crippen LogP contribution is -2.42. The van der Waals surface area contributed by atoms with Crippen LogP contribution < -0.4 is 0 Å². The zero-order valence-corrected chi connectivity index (χ0v) is 10.6. The van der Waals surface area contributed by atoms with E-state index in [1.165, 1.54) is 0 Å². The molecule has 0 unspecified atom stereocenters. The lowest BCUT2D eigenvalue weighted by molar-refractivity contribution is -0.236. The summed E-state index contributed by atoms with van der Waals surface area (Å²) in [7, 11) is 0. The summed E-state index contributed by atoms with van der Waals surface area (Å²) in [5, 5.41) is 19.8. The summed E-state index contributed by atoms with van der Waals surface area (Å²) in [6.45, 7) is 3.59. The number of ether oxygens (including phenoxy) is 1. The summed E-state index contributed by atoms with van der Waals surface area (Å²) in [5.41, 5.74) is -0.874. The second-order valence-corrected chi connectivity index (χ2v) is 4.91. The Morgan fingerprint density at radius 1 is 1.44 bits per heavy atom. The van der Waals surface area contributed by atoms with E-state index in [0.717, 1.165) is 0 Å². The minimum Gasteiger partial charge on any atom is -0.479 e. The fraction of sp³-hybridized carbons (Fsp3) is 0.500. The molecule has 18 heavy (non-hydrogen) atoms. The summed E-state index contributed by atoms with van der Waals surface area (Å²) in [6, 6.07) is 8.83. The molecular weight excluding hydrogens is 232 g/mol. The predicted molar refractivity (Wildman–Crippen MR) is 65.9 cm³/mol. The molecule has 0 aromatic heterocycles. The molecular formula is C14H18O4. The molecule has 1 fully saturated rings. The average Bonchev–Trinajstić information content (AvgIpc) is 2.64. The molecule has 0 aliphatic carbocycles. The molecule has 0 spiro atoms. The van der Waals surface area contributed by atoms with Crippen LogP contribution >= 0.6 is 0 Å². The number of rotatable bonds is 3. The van der Waals surface area contributed by atoms with Gasteiger partial charge in [0.25, 0.3) is 0 Å². The third-order valence-electron chi connectivity index (χ3n) is 3.74. The van der Waals surface area contributed by atoms with Crippen molar-refractivity contribution in [2.24, 2.45) is 5.92 Å². The molecule has 1 heterocycles. The first kappa shape index (κ1) is 13.1. The van der Waals surface area contributed by atoms with Gasteiger partial charge in [-0.2, -0.15) is 0 Å². The molecule has 4 nitrogen and oxygen atoms in total. The van der Waals surface area contributed by atoms with Gasteiger partial charge in [0.2, 0.25) is 0 Å². The molecule has 1 aliphatic rings. The minimum atomic E-state index is -1.45. The first-order valence-electron chi connectivity index (χ1n) is 6.16. The normalized spacial score (nSPS) is 35.6. The first-order valence-corrected chi connectivity index (χ1v) is 6.16. The molecule has 1 aromatic carbocycles. The smallest absolute Gasteiger partial charge is 0.341 e. The lowest BCUT2D eigenvalue weighted by atomic mass is 9.82. The van der Waals surface area contributed by atoms with Gasteiger partial charge in [-0.15, -0.1) is 0 Å². The van der Waals surface area contributed by atoms with Gasteiger partial charge in [-0.25, -0.2) is 4.79 Å². The van der Waals surface area contributed by atoms with Crippen molar-refractivity contribution in [2.45, 2.75) is 38.1 Å². The molecule has 0 bridgehead atoms. The number of carbonyl (C=O) groups is 1. The largest absolute Gasteiger partial charge is 0.479 e. The van der Waals surface area contributed by atoms with Crippen molar-refractivity contribution in [3.8, 4) is 0 Å². The van der Waals surface area contributed by atoms with Gasteiger partial charge in [0.1, 0.15) is 0 Å². The van der Waals surface area contributed by atoms with Gasteiger partial charge in [-0.3, -0.25) is 0 Å². The zero-order chi connectivity index (χ0) is 13.4. The van der Waals surface area contributed by atoms with E-state index < -0.39 is 17.4 Å². The van der Waals surface area contributed by atoms with Gasteiger partial charge < -0.3 is 14.9 Å². The number of benzene rings is 1. The Balaban J connectivity index is 2.50. The molecule has 2 rings (SSSR count). The van der Waals surface area contributed by atoms with E-state index in [-0.39, 0.29) is 5.92 Å². The maximum atomic E-state index is 11.7. The number of aliphatic hydroxyl groups is 1. The average molecular weight is 250 g/mol. The number of carboxylic acids is 1. The molecule has 1 aliphatic heterocycles. The van der Waals surface area contributed by atoms with E-state index in [1.54, 1.807) is 38.1 Å². The van der Waals surface area contributed by atoms with E-state index in [1.807, 2.05) is 6.07 Å². The van der Waals surface area contributed by atoms with Crippen LogP contribution in [0.3, 0.4) is 0 Å². The van der Waals surface area contributed by atoms with Gasteiger partial charge in [0, 0.05) is 12.3 Å². The van der Waals surface area contributed by atoms with E-state index >= 15 is 0 Å². The van der Waals surface area contributed by atoms with Crippen molar-refractivity contribution >= 4 is 5.97 Å². The molecule has 1 saturated heterocycles. The van der Waals surface area contributed by atoms with Crippen LogP contribution in [0.4, 0.5) is 0 Å². The van der Waals surface area contributed by atoms with Crippen LogP contribution in [0.2, 0.25) is 0 Å². The summed E-state index contributed by atoms with van der Waals surface area (Å²) in [4.78, 5) is 11.7. The topological polar surface area (TPSA) is 66.8 Å². The maximum Gasteiger partial charge on any atom is 0.341 e. The van der Waals surface area contributed by atoms with Crippen molar-refractivity contribution in [3.05, 3.63) is 35.9 Å². The van der Waals surface area contributed by atoms with Gasteiger partial charge >= 0.3 is 5.97 Å². The number of hydrogen-bond donors (Lipinski definition) is 2. The molecule has 98 valence electrons. The Morgan fingerprint density at radius 3 is 2.50 bits per heavy atom. The Bertz CT molecular complexity index is 444. The fourth-order valence-electron chi connectivity index (χ4n) is 2.69. The van der Waals surface area contributed by atoms with Crippen LogP contribution in [-0.2, 0) is 15.1 Å². The highest BCUT2D eigenvalue weighted by atomic mass is 16.7. The van der Waals surface area contributed by atoms with Crippen molar-refractivity contribution in [2.75, 3.05) is 0 Å². The zero-order valence-electron chi connectivity index (χ0n) is 10.6. The second kappa shape index (κ2) is 4.37. The SMILES string of the molecule is CC[C@]1(O)C[C@@H](C)[C@@](C(=O)O)(c2ccccc2)O1. The number of aliphatic carboxylic acids is 1. The van der Waals surface area contributed by atoms with E-state index in [9.17, 15) is 15.0 Å². The summed E-state index contributed by atoms with van der Waals surface area (Å²) in [5.74, 6) is -2.69. The Hall–Kier alpha value is -1.39. The van der Waals surface area contributed by atoms with Gasteiger partial charge in [-0.05, 0) is 12.0 Å². The third-order valence-corrected chi connectivity index (χ3v) is 3.74. The summed E-state index contributed by atoms with van der Waals surface area (Å²) < 4.78 is 5.60. The van der Waals surface area contributed by atoms with Crippen LogP contribution in [0.1, 0.15) is 32.3 Å². The Kier molecular flexibility index (Phi) is 3.17. The van der Waals surface area contributed by atoms with E-state index in [2.05, 4.69) is 0 Å². The molecule has 0 amide bonds.